The van der Waals surface area contributed by atoms with E-state index >= 15 is 0 Å². The summed E-state index contributed by atoms with van der Waals surface area (Å²) in [6.07, 6.45) is 3.57. The summed E-state index contributed by atoms with van der Waals surface area (Å²) < 4.78 is 10.5. The molecule has 0 saturated carbocycles. The molecule has 0 radical (unpaired) electrons. The maximum absolute atomic E-state index is 12.1. The van der Waals surface area contributed by atoms with Crippen molar-refractivity contribution in [2.75, 3.05) is 13.7 Å². The lowest BCUT2D eigenvalue weighted by Crippen LogP contribution is -2.54. The zero-order valence-electron chi connectivity index (χ0n) is 13.8. The van der Waals surface area contributed by atoms with E-state index < -0.39 is 17.1 Å². The zero-order chi connectivity index (χ0) is 16.8. The number of hydrogen-bond donors (Lipinski definition) is 1. The number of methoxy groups -OCH3 is 1. The minimum absolute atomic E-state index is 0.00113. The van der Waals surface area contributed by atoms with Crippen molar-refractivity contribution in [3.63, 3.8) is 0 Å². The summed E-state index contributed by atoms with van der Waals surface area (Å²) in [5, 5.41) is 0. The van der Waals surface area contributed by atoms with E-state index in [1.807, 2.05) is 57.2 Å². The standard InChI is InChI=1S/C18H25NO3/c1-14(11-12-15-9-7-6-8-10-15)18(19,16(20)21-5)13-22-17(2,3)4/h6-12H,1,13,19H2,2-5H3/b12-11+/t18-/m0/s1. The fraction of sp³-hybridized carbons (Fsp3) is 0.389. The fourth-order valence-corrected chi connectivity index (χ4v) is 1.70. The second-order valence-electron chi connectivity index (χ2n) is 6.13. The van der Waals surface area contributed by atoms with Gasteiger partial charge in [-0.2, -0.15) is 0 Å². The zero-order valence-corrected chi connectivity index (χ0v) is 13.8. The van der Waals surface area contributed by atoms with Gasteiger partial charge in [-0.15, -0.1) is 0 Å². The van der Waals surface area contributed by atoms with Gasteiger partial charge in [-0.1, -0.05) is 49.1 Å². The molecule has 1 rings (SSSR count). The number of benzene rings is 1. The van der Waals surface area contributed by atoms with Gasteiger partial charge in [0.05, 0.1) is 19.3 Å². The third kappa shape index (κ3) is 5.13. The topological polar surface area (TPSA) is 61.5 Å². The van der Waals surface area contributed by atoms with Crippen LogP contribution in [0.1, 0.15) is 26.3 Å². The molecule has 1 aromatic rings. The second-order valence-corrected chi connectivity index (χ2v) is 6.13. The van der Waals surface area contributed by atoms with E-state index in [1.54, 1.807) is 6.08 Å². The van der Waals surface area contributed by atoms with Crippen LogP contribution in [0.4, 0.5) is 0 Å². The summed E-state index contributed by atoms with van der Waals surface area (Å²) >= 11 is 0. The number of nitrogens with two attached hydrogens (primary N) is 1. The summed E-state index contributed by atoms with van der Waals surface area (Å²) in [4.78, 5) is 12.1. The Kier molecular flexibility index (Phi) is 6.09. The quantitative estimate of drug-likeness (QED) is 0.648. The van der Waals surface area contributed by atoms with Crippen molar-refractivity contribution in [3.8, 4) is 0 Å². The number of rotatable bonds is 6. The van der Waals surface area contributed by atoms with Gasteiger partial charge in [-0.25, -0.2) is 4.79 Å². The first-order valence-electron chi connectivity index (χ1n) is 7.13. The van der Waals surface area contributed by atoms with Crippen molar-refractivity contribution in [2.24, 2.45) is 5.73 Å². The molecule has 4 nitrogen and oxygen atoms in total. The Hall–Kier alpha value is -1.91. The molecule has 0 aromatic heterocycles. The highest BCUT2D eigenvalue weighted by molar-refractivity contribution is 5.86. The van der Waals surface area contributed by atoms with Crippen molar-refractivity contribution in [1.82, 2.24) is 0 Å². The molecule has 4 heteroatoms. The van der Waals surface area contributed by atoms with E-state index in [1.165, 1.54) is 7.11 Å². The monoisotopic (exact) mass is 303 g/mol. The lowest BCUT2D eigenvalue weighted by atomic mass is 9.91. The summed E-state index contributed by atoms with van der Waals surface area (Å²) in [6, 6.07) is 9.70. The van der Waals surface area contributed by atoms with Crippen LogP contribution in [-0.2, 0) is 14.3 Å². The van der Waals surface area contributed by atoms with Crippen LogP contribution in [0, 0.1) is 0 Å². The molecule has 120 valence electrons. The van der Waals surface area contributed by atoms with Crippen molar-refractivity contribution in [2.45, 2.75) is 31.9 Å². The van der Waals surface area contributed by atoms with Crippen molar-refractivity contribution >= 4 is 12.0 Å². The van der Waals surface area contributed by atoms with Gasteiger partial charge in [0.2, 0.25) is 0 Å². The predicted octanol–water partition coefficient (Wildman–Crippen LogP) is 2.94. The van der Waals surface area contributed by atoms with Crippen molar-refractivity contribution in [3.05, 3.63) is 54.1 Å². The Morgan fingerprint density at radius 1 is 1.27 bits per heavy atom. The van der Waals surface area contributed by atoms with E-state index in [9.17, 15) is 4.79 Å². The normalized spacial score (nSPS) is 14.6. The second kappa shape index (κ2) is 7.38. The molecule has 22 heavy (non-hydrogen) atoms. The Labute approximate surface area is 132 Å². The number of carbonyl (C=O) groups is 1. The molecule has 0 aliphatic rings. The van der Waals surface area contributed by atoms with Crippen LogP contribution in [0.2, 0.25) is 0 Å². The van der Waals surface area contributed by atoms with Crippen LogP contribution < -0.4 is 5.73 Å². The average Bonchev–Trinajstić information content (AvgIpc) is 2.49. The van der Waals surface area contributed by atoms with Gasteiger partial charge in [0.15, 0.2) is 5.54 Å². The molecule has 0 amide bonds. The number of esters is 1. The lowest BCUT2D eigenvalue weighted by molar-refractivity contribution is -0.149. The molecule has 0 aliphatic carbocycles. The van der Waals surface area contributed by atoms with Crippen LogP contribution in [0.25, 0.3) is 6.08 Å². The first-order valence-corrected chi connectivity index (χ1v) is 7.13. The first kappa shape index (κ1) is 18.1. The number of carbonyl (C=O) groups excluding carboxylic acids is 1. The Balaban J connectivity index is 2.93. The van der Waals surface area contributed by atoms with Gasteiger partial charge in [0.25, 0.3) is 0 Å². The third-order valence-corrected chi connectivity index (χ3v) is 3.13. The Morgan fingerprint density at radius 2 is 1.86 bits per heavy atom. The average molecular weight is 303 g/mol. The summed E-state index contributed by atoms with van der Waals surface area (Å²) in [5.74, 6) is -0.570. The van der Waals surface area contributed by atoms with Crippen molar-refractivity contribution < 1.29 is 14.3 Å². The Morgan fingerprint density at radius 3 is 2.36 bits per heavy atom. The summed E-state index contributed by atoms with van der Waals surface area (Å²) in [6.45, 7) is 9.61. The fourth-order valence-electron chi connectivity index (χ4n) is 1.70. The molecule has 0 fully saturated rings. The molecule has 0 heterocycles. The van der Waals surface area contributed by atoms with Gasteiger partial charge in [-0.3, -0.25) is 0 Å². The highest BCUT2D eigenvalue weighted by Gasteiger charge is 2.39. The number of hydrogen-bond acceptors (Lipinski definition) is 4. The number of ether oxygens (including phenoxy) is 2. The summed E-state index contributed by atoms with van der Waals surface area (Å²) in [5.41, 5.74) is 5.82. The molecule has 2 N–H and O–H groups in total. The maximum atomic E-state index is 12.1. The molecule has 0 bridgehead atoms. The minimum Gasteiger partial charge on any atom is -0.467 e. The maximum Gasteiger partial charge on any atom is 0.332 e. The third-order valence-electron chi connectivity index (χ3n) is 3.13. The molecule has 0 saturated heterocycles. The van der Waals surface area contributed by atoms with Gasteiger partial charge < -0.3 is 15.2 Å². The lowest BCUT2D eigenvalue weighted by Gasteiger charge is -2.31. The van der Waals surface area contributed by atoms with E-state index in [-0.39, 0.29) is 6.61 Å². The molecule has 0 spiro atoms. The largest absolute Gasteiger partial charge is 0.467 e. The highest BCUT2D eigenvalue weighted by Crippen LogP contribution is 2.21. The van der Waals surface area contributed by atoms with Gasteiger partial charge >= 0.3 is 5.97 Å². The van der Waals surface area contributed by atoms with E-state index in [0.29, 0.717) is 5.57 Å². The van der Waals surface area contributed by atoms with E-state index in [2.05, 4.69) is 6.58 Å². The smallest absolute Gasteiger partial charge is 0.332 e. The SMILES string of the molecule is C=C(/C=C/c1ccccc1)[C@@](N)(COC(C)(C)C)C(=O)OC. The first-order chi connectivity index (χ1) is 10.2. The molecular formula is C18H25NO3. The van der Waals surface area contributed by atoms with E-state index in [0.717, 1.165) is 5.56 Å². The minimum atomic E-state index is -1.41. The van der Waals surface area contributed by atoms with Crippen LogP contribution in [0.3, 0.4) is 0 Å². The molecule has 1 atom stereocenters. The molecule has 0 aliphatic heterocycles. The Bertz CT molecular complexity index is 543. The molecule has 1 aromatic carbocycles. The van der Waals surface area contributed by atoms with Crippen LogP contribution in [0.15, 0.2) is 48.6 Å². The van der Waals surface area contributed by atoms with Gasteiger partial charge in [0, 0.05) is 0 Å². The van der Waals surface area contributed by atoms with Crippen LogP contribution in [0.5, 0.6) is 0 Å². The molecular weight excluding hydrogens is 278 g/mol. The summed E-state index contributed by atoms with van der Waals surface area (Å²) in [7, 11) is 1.30. The van der Waals surface area contributed by atoms with Crippen molar-refractivity contribution in [1.29, 1.82) is 0 Å². The predicted molar refractivity (Wildman–Crippen MR) is 89.3 cm³/mol. The van der Waals surface area contributed by atoms with Crippen LogP contribution in [-0.4, -0.2) is 30.8 Å². The highest BCUT2D eigenvalue weighted by atomic mass is 16.5. The van der Waals surface area contributed by atoms with Crippen LogP contribution >= 0.6 is 0 Å². The van der Waals surface area contributed by atoms with Gasteiger partial charge in [-0.05, 0) is 31.9 Å². The van der Waals surface area contributed by atoms with Gasteiger partial charge in [0.1, 0.15) is 0 Å². The molecule has 0 unspecified atom stereocenters. The van der Waals surface area contributed by atoms with E-state index in [4.69, 9.17) is 15.2 Å².